The first-order valence-electron chi connectivity index (χ1n) is 4.77. The molecular weight excluding hydrogens is 275 g/mol. The number of nitrogens with zero attached hydrogens (tertiary/aromatic N) is 2. The van der Waals surface area contributed by atoms with Crippen molar-refractivity contribution in [3.8, 4) is 11.5 Å². The molecule has 2 heterocycles. The molecule has 2 aromatic rings. The first kappa shape index (κ1) is 11.1. The minimum absolute atomic E-state index is 0.0557. The molecule has 0 saturated carbocycles. The van der Waals surface area contributed by atoms with Crippen LogP contribution in [0.25, 0.3) is 11.5 Å². The zero-order chi connectivity index (χ0) is 11.5. The van der Waals surface area contributed by atoms with Crippen molar-refractivity contribution < 1.29 is 13.9 Å². The van der Waals surface area contributed by atoms with Gasteiger partial charge in [-0.15, -0.1) is 0 Å². The van der Waals surface area contributed by atoms with Crippen LogP contribution in [0, 0.1) is 6.92 Å². The zero-order valence-electron chi connectivity index (χ0n) is 8.89. The summed E-state index contributed by atoms with van der Waals surface area (Å²) in [6.07, 6.45) is 0. The molecule has 2 aromatic heterocycles. The van der Waals surface area contributed by atoms with E-state index in [1.165, 1.54) is 0 Å². The fourth-order valence-electron chi connectivity index (χ4n) is 1.29. The third-order valence-corrected chi connectivity index (χ3v) is 3.08. The van der Waals surface area contributed by atoms with Gasteiger partial charge in [-0.25, -0.2) is 0 Å². The number of aryl methyl sites for hydroxylation is 1. The molecule has 0 spiro atoms. The minimum atomic E-state index is -0.365. The number of esters is 1. The van der Waals surface area contributed by atoms with Gasteiger partial charge in [-0.3, -0.25) is 0 Å². The third kappa shape index (κ3) is 2.08. The number of aromatic nitrogens is 2. The standard InChI is InChI=1S/C10H10N2O3Se/c1-3-14-10(13)7-4-9(15-6(7)2)8-5-16-12-11-8/h4-5H,3H2,1-2H3. The van der Waals surface area contributed by atoms with Gasteiger partial charge in [0.1, 0.15) is 0 Å². The number of hydrogen-bond acceptors (Lipinski definition) is 5. The Bertz CT molecular complexity index is 490. The molecule has 0 atom stereocenters. The maximum atomic E-state index is 11.5. The van der Waals surface area contributed by atoms with E-state index in [1.807, 2.05) is 4.94 Å². The molecule has 0 aromatic carbocycles. The molecule has 16 heavy (non-hydrogen) atoms. The van der Waals surface area contributed by atoms with Gasteiger partial charge in [-0.2, -0.15) is 0 Å². The SMILES string of the molecule is CCOC(=O)c1cc(-c2c[se]nn2)oc1C. The van der Waals surface area contributed by atoms with Crippen LogP contribution in [-0.2, 0) is 4.74 Å². The monoisotopic (exact) mass is 286 g/mol. The second kappa shape index (κ2) is 4.63. The second-order valence-electron chi connectivity index (χ2n) is 3.09. The van der Waals surface area contributed by atoms with E-state index in [4.69, 9.17) is 9.15 Å². The van der Waals surface area contributed by atoms with Crippen LogP contribution < -0.4 is 0 Å². The van der Waals surface area contributed by atoms with E-state index in [9.17, 15) is 4.79 Å². The van der Waals surface area contributed by atoms with E-state index in [2.05, 4.69) is 9.19 Å². The Labute approximate surface area is 98.4 Å². The van der Waals surface area contributed by atoms with Crippen LogP contribution in [0.5, 0.6) is 0 Å². The number of rotatable bonds is 3. The van der Waals surface area contributed by atoms with Crippen molar-refractivity contribution in [3.63, 3.8) is 0 Å². The Morgan fingerprint density at radius 1 is 1.62 bits per heavy atom. The molecule has 0 aliphatic rings. The first-order chi connectivity index (χ1) is 7.72. The fraction of sp³-hybridized carbons (Fsp3) is 0.300. The van der Waals surface area contributed by atoms with E-state index in [0.29, 0.717) is 29.4 Å². The van der Waals surface area contributed by atoms with E-state index in [1.54, 1.807) is 19.9 Å². The first-order valence-corrected chi connectivity index (χ1v) is 6.53. The molecule has 5 nitrogen and oxygen atoms in total. The van der Waals surface area contributed by atoms with Crippen LogP contribution in [-0.4, -0.2) is 36.5 Å². The molecule has 84 valence electrons. The Balaban J connectivity index is 2.32. The topological polar surface area (TPSA) is 65.2 Å². The Hall–Kier alpha value is -1.39. The molecule has 0 saturated heterocycles. The molecule has 0 aliphatic carbocycles. The van der Waals surface area contributed by atoms with Gasteiger partial charge >= 0.3 is 98.1 Å². The summed E-state index contributed by atoms with van der Waals surface area (Å²) in [7, 11) is 0. The second-order valence-corrected chi connectivity index (χ2v) is 4.37. The molecule has 0 aliphatic heterocycles. The normalized spacial score (nSPS) is 10.4. The van der Waals surface area contributed by atoms with Crippen molar-refractivity contribution in [3.05, 3.63) is 22.3 Å². The van der Waals surface area contributed by atoms with Crippen molar-refractivity contribution >= 4 is 20.7 Å². The van der Waals surface area contributed by atoms with Crippen LogP contribution in [0.15, 0.2) is 15.4 Å². The third-order valence-electron chi connectivity index (χ3n) is 2.03. The van der Waals surface area contributed by atoms with Gasteiger partial charge in [0, 0.05) is 0 Å². The molecule has 0 amide bonds. The van der Waals surface area contributed by atoms with Gasteiger partial charge in [0.2, 0.25) is 0 Å². The molecule has 0 fully saturated rings. The molecule has 2 rings (SSSR count). The summed E-state index contributed by atoms with van der Waals surface area (Å²) >= 11 is 0.0557. The van der Waals surface area contributed by atoms with Gasteiger partial charge in [-0.1, -0.05) is 0 Å². The Kier molecular flexibility index (Phi) is 3.22. The van der Waals surface area contributed by atoms with Crippen molar-refractivity contribution in [2.75, 3.05) is 6.61 Å². The average Bonchev–Trinajstić information content (AvgIpc) is 2.86. The van der Waals surface area contributed by atoms with Crippen molar-refractivity contribution in [1.82, 2.24) is 9.19 Å². The van der Waals surface area contributed by atoms with Gasteiger partial charge < -0.3 is 0 Å². The fourth-order valence-corrected chi connectivity index (χ4v) is 2.23. The van der Waals surface area contributed by atoms with Crippen molar-refractivity contribution in [2.45, 2.75) is 13.8 Å². The Morgan fingerprint density at radius 3 is 3.06 bits per heavy atom. The average molecular weight is 285 g/mol. The number of hydrogen-bond donors (Lipinski definition) is 0. The predicted octanol–water partition coefficient (Wildman–Crippen LogP) is 1.28. The zero-order valence-corrected chi connectivity index (χ0v) is 10.6. The van der Waals surface area contributed by atoms with Crippen LogP contribution in [0.4, 0.5) is 0 Å². The summed E-state index contributed by atoms with van der Waals surface area (Å²) in [6, 6.07) is 1.65. The van der Waals surface area contributed by atoms with E-state index in [0.717, 1.165) is 0 Å². The van der Waals surface area contributed by atoms with Crippen LogP contribution in [0.3, 0.4) is 0 Å². The molecule has 6 heteroatoms. The summed E-state index contributed by atoms with van der Waals surface area (Å²) in [6.45, 7) is 3.85. The summed E-state index contributed by atoms with van der Waals surface area (Å²) in [5.41, 5.74) is 1.14. The van der Waals surface area contributed by atoms with Gasteiger partial charge in [-0.05, 0) is 0 Å². The molecule has 0 unspecified atom stereocenters. The number of carbonyl (C=O) groups is 1. The van der Waals surface area contributed by atoms with E-state index in [-0.39, 0.29) is 20.7 Å². The molecule has 0 radical (unpaired) electrons. The predicted molar refractivity (Wildman–Crippen MR) is 57.4 cm³/mol. The summed E-state index contributed by atoms with van der Waals surface area (Å²) in [5, 5.41) is 3.93. The van der Waals surface area contributed by atoms with Crippen molar-refractivity contribution in [2.24, 2.45) is 0 Å². The molecule has 0 N–H and O–H groups in total. The van der Waals surface area contributed by atoms with Crippen LogP contribution in [0.2, 0.25) is 0 Å². The van der Waals surface area contributed by atoms with Gasteiger partial charge in [0.05, 0.1) is 0 Å². The summed E-state index contributed by atoms with van der Waals surface area (Å²) in [4.78, 5) is 13.4. The summed E-state index contributed by atoms with van der Waals surface area (Å²) in [5.74, 6) is 0.753. The van der Waals surface area contributed by atoms with E-state index >= 15 is 0 Å². The van der Waals surface area contributed by atoms with Crippen LogP contribution >= 0.6 is 0 Å². The van der Waals surface area contributed by atoms with Gasteiger partial charge in [0.15, 0.2) is 0 Å². The van der Waals surface area contributed by atoms with Crippen LogP contribution in [0.1, 0.15) is 23.0 Å². The quantitative estimate of drug-likeness (QED) is 0.628. The van der Waals surface area contributed by atoms with Crippen molar-refractivity contribution in [1.29, 1.82) is 0 Å². The maximum absolute atomic E-state index is 11.5. The van der Waals surface area contributed by atoms with Gasteiger partial charge in [0.25, 0.3) is 0 Å². The number of ether oxygens (including phenoxy) is 1. The molecular formula is C10H10N2O3Se. The number of furan rings is 1. The summed E-state index contributed by atoms with van der Waals surface area (Å²) < 4.78 is 14.2. The Morgan fingerprint density at radius 2 is 2.44 bits per heavy atom. The van der Waals surface area contributed by atoms with E-state index < -0.39 is 0 Å². The number of carbonyl (C=O) groups excluding carboxylic acids is 1. The molecule has 0 bridgehead atoms.